The Morgan fingerprint density at radius 2 is 2.06 bits per heavy atom. The van der Waals surface area contributed by atoms with Gasteiger partial charge in [-0.1, -0.05) is 24.3 Å². The van der Waals surface area contributed by atoms with E-state index in [1.165, 1.54) is 11.1 Å². The maximum Gasteiger partial charge on any atom is 0.237 e. The molecule has 33 heavy (non-hydrogen) atoms. The monoisotopic (exact) mass is 444 g/mol. The average Bonchev–Trinajstić information content (AvgIpc) is 2.83. The molecular weight excluding hydrogens is 416 g/mol. The summed E-state index contributed by atoms with van der Waals surface area (Å²) < 4.78 is 5.56. The van der Waals surface area contributed by atoms with Crippen molar-refractivity contribution in [2.45, 2.75) is 26.3 Å². The van der Waals surface area contributed by atoms with E-state index in [2.05, 4.69) is 40.5 Å². The summed E-state index contributed by atoms with van der Waals surface area (Å²) in [6.45, 7) is 4.81. The molecule has 3 aromatic rings. The lowest BCUT2D eigenvalue weighted by Gasteiger charge is -2.26. The number of methoxy groups -OCH3 is 1. The van der Waals surface area contributed by atoms with Crippen LogP contribution in [0.1, 0.15) is 30.2 Å². The molecule has 0 atom stereocenters. The number of pyridine rings is 1. The maximum absolute atomic E-state index is 11.7. The van der Waals surface area contributed by atoms with Crippen LogP contribution in [0.5, 0.6) is 5.88 Å². The first-order valence-corrected chi connectivity index (χ1v) is 11.2. The Morgan fingerprint density at radius 1 is 1.18 bits per heavy atom. The first-order valence-electron chi connectivity index (χ1n) is 11.2. The van der Waals surface area contributed by atoms with E-state index < -0.39 is 0 Å². The second kappa shape index (κ2) is 8.78. The number of carbonyl (C=O) groups excluding carboxylic acids is 1. The maximum atomic E-state index is 11.7. The number of aromatic nitrogens is 3. The van der Waals surface area contributed by atoms with Crippen molar-refractivity contribution in [3.05, 3.63) is 53.4 Å². The molecule has 5 rings (SSSR count). The highest BCUT2D eigenvalue weighted by atomic mass is 16.5. The van der Waals surface area contributed by atoms with Crippen LogP contribution in [0.3, 0.4) is 0 Å². The Hall–Kier alpha value is -3.52. The molecule has 2 aliphatic heterocycles. The molecule has 8 nitrogen and oxygen atoms in total. The van der Waals surface area contributed by atoms with Gasteiger partial charge in [0.05, 0.1) is 18.3 Å². The van der Waals surface area contributed by atoms with Gasteiger partial charge in [-0.3, -0.25) is 4.79 Å². The third-order valence-corrected chi connectivity index (χ3v) is 6.38. The summed E-state index contributed by atoms with van der Waals surface area (Å²) in [7, 11) is 3.75. The van der Waals surface area contributed by atoms with Gasteiger partial charge in [0.15, 0.2) is 0 Å². The Morgan fingerprint density at radius 3 is 2.82 bits per heavy atom. The standard InChI is InChI=1S/C25H28N6O2/c1-16(32)31-11-7-17(8-12-31)20-6-4-5-18-14-26-25(29-23(18)20)28-22-13-19-15-30(2)10-9-21(19)27-24(22)33-3/h4-7,13-14H,8-12,15H2,1-3H3,(H,26,28,29). The Bertz CT molecular complexity index is 1260. The molecule has 1 aromatic carbocycles. The summed E-state index contributed by atoms with van der Waals surface area (Å²) in [6, 6.07) is 8.23. The molecule has 1 N–H and O–H groups in total. The van der Waals surface area contributed by atoms with E-state index in [9.17, 15) is 4.79 Å². The van der Waals surface area contributed by atoms with Crippen LogP contribution in [0.2, 0.25) is 0 Å². The fourth-order valence-corrected chi connectivity index (χ4v) is 4.53. The van der Waals surface area contributed by atoms with Crippen LogP contribution in [0.25, 0.3) is 16.5 Å². The smallest absolute Gasteiger partial charge is 0.237 e. The first-order chi connectivity index (χ1) is 16.0. The summed E-state index contributed by atoms with van der Waals surface area (Å²) in [5.41, 5.74) is 6.22. The lowest BCUT2D eigenvalue weighted by Crippen LogP contribution is -2.32. The second-order valence-corrected chi connectivity index (χ2v) is 8.65. The van der Waals surface area contributed by atoms with Gasteiger partial charge in [-0.15, -0.1) is 0 Å². The number of ether oxygens (including phenoxy) is 1. The molecule has 8 heteroatoms. The molecule has 0 radical (unpaired) electrons. The number of benzene rings is 1. The molecule has 1 amide bonds. The number of anilines is 2. The Labute approximate surface area is 193 Å². The van der Waals surface area contributed by atoms with E-state index in [1.54, 1.807) is 14.0 Å². The van der Waals surface area contributed by atoms with Crippen LogP contribution in [-0.4, -0.2) is 64.5 Å². The van der Waals surface area contributed by atoms with Crippen molar-refractivity contribution in [3.63, 3.8) is 0 Å². The molecule has 2 aliphatic rings. The quantitative estimate of drug-likeness (QED) is 0.660. The number of amides is 1. The van der Waals surface area contributed by atoms with E-state index in [0.29, 0.717) is 18.4 Å². The molecule has 0 saturated carbocycles. The number of hydrogen-bond donors (Lipinski definition) is 1. The molecule has 0 bridgehead atoms. The van der Waals surface area contributed by atoms with Crippen LogP contribution in [0, 0.1) is 0 Å². The van der Waals surface area contributed by atoms with E-state index in [1.807, 2.05) is 23.2 Å². The Kier molecular flexibility index (Phi) is 5.68. The minimum Gasteiger partial charge on any atom is -0.480 e. The average molecular weight is 445 g/mol. The number of nitrogens with zero attached hydrogens (tertiary/aromatic N) is 5. The highest BCUT2D eigenvalue weighted by Crippen LogP contribution is 2.32. The molecule has 0 saturated heterocycles. The van der Waals surface area contributed by atoms with Gasteiger partial charge in [0.2, 0.25) is 17.7 Å². The van der Waals surface area contributed by atoms with Crippen molar-refractivity contribution in [1.29, 1.82) is 0 Å². The molecular formula is C25H28N6O2. The molecule has 0 spiro atoms. The first kappa shape index (κ1) is 21.3. The summed E-state index contributed by atoms with van der Waals surface area (Å²) in [5.74, 6) is 1.16. The second-order valence-electron chi connectivity index (χ2n) is 8.65. The zero-order valence-corrected chi connectivity index (χ0v) is 19.3. The van der Waals surface area contributed by atoms with Gasteiger partial charge in [0, 0.05) is 56.7 Å². The minimum atomic E-state index is 0.107. The van der Waals surface area contributed by atoms with Crippen molar-refractivity contribution in [3.8, 4) is 5.88 Å². The van der Waals surface area contributed by atoms with Gasteiger partial charge < -0.3 is 19.9 Å². The summed E-state index contributed by atoms with van der Waals surface area (Å²) >= 11 is 0. The molecule has 4 heterocycles. The van der Waals surface area contributed by atoms with E-state index in [4.69, 9.17) is 14.7 Å². The van der Waals surface area contributed by atoms with Gasteiger partial charge in [-0.25, -0.2) is 15.0 Å². The number of para-hydroxylation sites is 1. The predicted octanol–water partition coefficient (Wildman–Crippen LogP) is 3.40. The minimum absolute atomic E-state index is 0.107. The zero-order chi connectivity index (χ0) is 22.9. The van der Waals surface area contributed by atoms with Gasteiger partial charge in [-0.05, 0) is 30.7 Å². The molecule has 0 fully saturated rings. The predicted molar refractivity (Wildman–Crippen MR) is 128 cm³/mol. The number of fused-ring (bicyclic) bond motifs is 2. The number of rotatable bonds is 4. The third-order valence-electron chi connectivity index (χ3n) is 6.38. The van der Waals surface area contributed by atoms with Gasteiger partial charge in [-0.2, -0.15) is 0 Å². The van der Waals surface area contributed by atoms with Crippen molar-refractivity contribution >= 4 is 34.0 Å². The van der Waals surface area contributed by atoms with Crippen LogP contribution in [-0.2, 0) is 17.8 Å². The van der Waals surface area contributed by atoms with Gasteiger partial charge in [0.1, 0.15) is 5.69 Å². The SMILES string of the molecule is COc1nc2c(cc1Nc1ncc3cccc(C4=CCN(C(C)=O)CC4)c3n1)CN(C)CC2. The van der Waals surface area contributed by atoms with Crippen molar-refractivity contribution in [2.24, 2.45) is 0 Å². The van der Waals surface area contributed by atoms with Gasteiger partial charge >= 0.3 is 0 Å². The fourth-order valence-electron chi connectivity index (χ4n) is 4.53. The molecule has 170 valence electrons. The molecule has 2 aromatic heterocycles. The largest absolute Gasteiger partial charge is 0.480 e. The normalized spacial score (nSPS) is 16.3. The number of likely N-dealkylation sites (N-methyl/N-ethyl adjacent to an activating group) is 1. The number of carbonyl (C=O) groups is 1. The van der Waals surface area contributed by atoms with Gasteiger partial charge in [0.25, 0.3) is 0 Å². The summed E-state index contributed by atoms with van der Waals surface area (Å²) in [5, 5.41) is 4.31. The van der Waals surface area contributed by atoms with E-state index >= 15 is 0 Å². The highest BCUT2D eigenvalue weighted by molar-refractivity contribution is 5.92. The topological polar surface area (TPSA) is 83.5 Å². The number of nitrogens with one attached hydrogen (secondary N) is 1. The van der Waals surface area contributed by atoms with Crippen LogP contribution >= 0.6 is 0 Å². The van der Waals surface area contributed by atoms with Crippen molar-refractivity contribution in [1.82, 2.24) is 24.8 Å². The van der Waals surface area contributed by atoms with Crippen LogP contribution in [0.15, 0.2) is 36.5 Å². The van der Waals surface area contributed by atoms with Crippen LogP contribution < -0.4 is 10.1 Å². The van der Waals surface area contributed by atoms with Crippen molar-refractivity contribution < 1.29 is 9.53 Å². The van der Waals surface area contributed by atoms with E-state index in [-0.39, 0.29) is 5.91 Å². The van der Waals surface area contributed by atoms with E-state index in [0.717, 1.165) is 60.3 Å². The number of hydrogen-bond acceptors (Lipinski definition) is 7. The fraction of sp³-hybridized carbons (Fsp3) is 0.360. The lowest BCUT2D eigenvalue weighted by molar-refractivity contribution is -0.128. The zero-order valence-electron chi connectivity index (χ0n) is 19.3. The molecule has 0 unspecified atom stereocenters. The highest BCUT2D eigenvalue weighted by Gasteiger charge is 2.20. The Balaban J connectivity index is 1.49. The lowest BCUT2D eigenvalue weighted by atomic mass is 9.97. The van der Waals surface area contributed by atoms with Crippen molar-refractivity contribution in [2.75, 3.05) is 39.1 Å². The third kappa shape index (κ3) is 4.26. The summed E-state index contributed by atoms with van der Waals surface area (Å²) in [6.07, 6.45) is 5.68. The summed E-state index contributed by atoms with van der Waals surface area (Å²) in [4.78, 5) is 29.9. The molecule has 0 aliphatic carbocycles. The van der Waals surface area contributed by atoms with Crippen LogP contribution in [0.4, 0.5) is 11.6 Å².